The highest BCUT2D eigenvalue weighted by atomic mass is 32.1. The van der Waals surface area contributed by atoms with E-state index in [9.17, 15) is 14.9 Å². The minimum atomic E-state index is -0.500. The SMILES string of the molecule is Cc1ccc2nc(NC(=O)c3cc([N+](=O)[O-])ccc3N3CCOCC3)sc2c1. The van der Waals surface area contributed by atoms with Crippen LogP contribution in [0.3, 0.4) is 0 Å². The molecule has 1 aromatic heterocycles. The number of morpholine rings is 1. The van der Waals surface area contributed by atoms with E-state index in [1.807, 2.05) is 30.0 Å². The van der Waals surface area contributed by atoms with Crippen molar-refractivity contribution in [2.45, 2.75) is 6.92 Å². The molecule has 4 rings (SSSR count). The van der Waals surface area contributed by atoms with E-state index < -0.39 is 10.8 Å². The summed E-state index contributed by atoms with van der Waals surface area (Å²) in [5.74, 6) is -0.416. The summed E-state index contributed by atoms with van der Waals surface area (Å²) in [6.07, 6.45) is 0. The van der Waals surface area contributed by atoms with Crippen LogP contribution in [0.1, 0.15) is 15.9 Å². The van der Waals surface area contributed by atoms with Crippen LogP contribution in [-0.2, 0) is 4.74 Å². The fraction of sp³-hybridized carbons (Fsp3) is 0.263. The van der Waals surface area contributed by atoms with Crippen LogP contribution in [0.15, 0.2) is 36.4 Å². The highest BCUT2D eigenvalue weighted by Gasteiger charge is 2.23. The number of nitrogens with one attached hydrogen (secondary N) is 1. The number of nitro benzene ring substituents is 1. The summed E-state index contributed by atoms with van der Waals surface area (Å²) in [5.41, 5.74) is 2.71. The fourth-order valence-corrected chi connectivity index (χ4v) is 4.11. The maximum atomic E-state index is 13.0. The van der Waals surface area contributed by atoms with E-state index in [0.717, 1.165) is 15.8 Å². The smallest absolute Gasteiger partial charge is 0.270 e. The van der Waals surface area contributed by atoms with Crippen LogP contribution in [-0.4, -0.2) is 42.1 Å². The number of carbonyl (C=O) groups is 1. The minimum absolute atomic E-state index is 0.123. The summed E-state index contributed by atoms with van der Waals surface area (Å²) in [6, 6.07) is 10.2. The van der Waals surface area contributed by atoms with Gasteiger partial charge in [-0.2, -0.15) is 0 Å². The van der Waals surface area contributed by atoms with Crippen LogP contribution in [0.2, 0.25) is 0 Å². The van der Waals surface area contributed by atoms with Gasteiger partial charge in [0.15, 0.2) is 5.13 Å². The third kappa shape index (κ3) is 3.67. The molecule has 2 aromatic carbocycles. The van der Waals surface area contributed by atoms with Crippen molar-refractivity contribution in [1.29, 1.82) is 0 Å². The predicted molar refractivity (Wildman–Crippen MR) is 108 cm³/mol. The van der Waals surface area contributed by atoms with E-state index in [1.54, 1.807) is 6.07 Å². The van der Waals surface area contributed by atoms with Gasteiger partial charge >= 0.3 is 0 Å². The normalized spacial score (nSPS) is 14.2. The number of nitro groups is 1. The first-order valence-corrected chi connectivity index (χ1v) is 9.62. The molecule has 8 nitrogen and oxygen atoms in total. The van der Waals surface area contributed by atoms with Crippen molar-refractivity contribution in [2.75, 3.05) is 36.5 Å². The Morgan fingerprint density at radius 1 is 1.25 bits per heavy atom. The number of thiazole rings is 1. The van der Waals surface area contributed by atoms with Gasteiger partial charge in [-0.25, -0.2) is 4.98 Å². The van der Waals surface area contributed by atoms with Crippen LogP contribution in [0.5, 0.6) is 0 Å². The maximum Gasteiger partial charge on any atom is 0.270 e. The highest BCUT2D eigenvalue weighted by molar-refractivity contribution is 7.22. The van der Waals surface area contributed by atoms with Crippen LogP contribution in [0, 0.1) is 17.0 Å². The number of aromatic nitrogens is 1. The van der Waals surface area contributed by atoms with Gasteiger partial charge in [-0.15, -0.1) is 0 Å². The van der Waals surface area contributed by atoms with Gasteiger partial charge in [-0.05, 0) is 30.7 Å². The lowest BCUT2D eigenvalue weighted by Crippen LogP contribution is -2.37. The Hall–Kier alpha value is -3.04. The lowest BCUT2D eigenvalue weighted by Gasteiger charge is -2.30. The summed E-state index contributed by atoms with van der Waals surface area (Å²) in [4.78, 5) is 30.1. The molecule has 9 heteroatoms. The van der Waals surface area contributed by atoms with E-state index in [2.05, 4.69) is 10.3 Å². The molecule has 1 saturated heterocycles. The fourth-order valence-electron chi connectivity index (χ4n) is 3.15. The van der Waals surface area contributed by atoms with Crippen molar-refractivity contribution >= 4 is 44.0 Å². The number of amides is 1. The zero-order valence-corrected chi connectivity index (χ0v) is 16.0. The van der Waals surface area contributed by atoms with E-state index in [1.165, 1.54) is 23.5 Å². The van der Waals surface area contributed by atoms with E-state index in [-0.39, 0.29) is 11.3 Å². The lowest BCUT2D eigenvalue weighted by molar-refractivity contribution is -0.384. The number of rotatable bonds is 4. The summed E-state index contributed by atoms with van der Waals surface area (Å²) in [6.45, 7) is 4.34. The molecular weight excluding hydrogens is 380 g/mol. The van der Waals surface area contributed by atoms with Gasteiger partial charge in [0.05, 0.1) is 39.6 Å². The number of anilines is 2. The number of carbonyl (C=O) groups excluding carboxylic acids is 1. The number of aryl methyl sites for hydroxylation is 1. The molecule has 0 saturated carbocycles. The number of ether oxygens (including phenoxy) is 1. The highest BCUT2D eigenvalue weighted by Crippen LogP contribution is 2.30. The number of hydrogen-bond donors (Lipinski definition) is 1. The molecule has 0 radical (unpaired) electrons. The summed E-state index contributed by atoms with van der Waals surface area (Å²) in [5, 5.41) is 14.5. The molecule has 2 heterocycles. The summed E-state index contributed by atoms with van der Waals surface area (Å²) >= 11 is 1.38. The average molecular weight is 398 g/mol. The molecule has 1 N–H and O–H groups in total. The van der Waals surface area contributed by atoms with Crippen LogP contribution >= 0.6 is 11.3 Å². The molecule has 144 valence electrons. The standard InChI is InChI=1S/C19H18N4O4S/c1-12-2-4-15-17(10-12)28-19(20-15)21-18(24)14-11-13(23(25)26)3-5-16(14)22-6-8-27-9-7-22/h2-5,10-11H,6-9H2,1H3,(H,20,21,24). The third-order valence-corrected chi connectivity index (χ3v) is 5.49. The van der Waals surface area contributed by atoms with E-state index in [0.29, 0.717) is 37.1 Å². The van der Waals surface area contributed by atoms with Gasteiger partial charge in [0.2, 0.25) is 0 Å². The second-order valence-electron chi connectivity index (χ2n) is 6.50. The molecule has 1 amide bonds. The Balaban J connectivity index is 1.67. The maximum absolute atomic E-state index is 13.0. The van der Waals surface area contributed by atoms with Gasteiger partial charge < -0.3 is 9.64 Å². The largest absolute Gasteiger partial charge is 0.378 e. The number of nitrogens with zero attached hydrogens (tertiary/aromatic N) is 3. The third-order valence-electron chi connectivity index (χ3n) is 4.55. The molecule has 0 bridgehead atoms. The van der Waals surface area contributed by atoms with Gasteiger partial charge in [0.25, 0.3) is 11.6 Å². The summed E-state index contributed by atoms with van der Waals surface area (Å²) < 4.78 is 6.34. The molecule has 1 aliphatic rings. The van der Waals surface area contributed by atoms with Gasteiger partial charge in [-0.1, -0.05) is 17.4 Å². The van der Waals surface area contributed by atoms with Crippen molar-refractivity contribution in [3.8, 4) is 0 Å². The van der Waals surface area contributed by atoms with Crippen molar-refractivity contribution < 1.29 is 14.5 Å². The number of benzene rings is 2. The first-order valence-electron chi connectivity index (χ1n) is 8.81. The molecular formula is C19H18N4O4S. The number of fused-ring (bicyclic) bond motifs is 1. The monoisotopic (exact) mass is 398 g/mol. The summed E-state index contributed by atoms with van der Waals surface area (Å²) in [7, 11) is 0. The number of non-ortho nitro benzene ring substituents is 1. The van der Waals surface area contributed by atoms with E-state index >= 15 is 0 Å². The first kappa shape index (κ1) is 18.3. The Morgan fingerprint density at radius 3 is 2.79 bits per heavy atom. The predicted octanol–water partition coefficient (Wildman–Crippen LogP) is 3.60. The average Bonchev–Trinajstić information content (AvgIpc) is 3.09. The minimum Gasteiger partial charge on any atom is -0.378 e. The van der Waals surface area contributed by atoms with Crippen LogP contribution in [0.25, 0.3) is 10.2 Å². The molecule has 1 fully saturated rings. The van der Waals surface area contributed by atoms with Gasteiger partial charge in [0, 0.05) is 25.2 Å². The van der Waals surface area contributed by atoms with E-state index in [4.69, 9.17) is 4.74 Å². The van der Waals surface area contributed by atoms with Crippen molar-refractivity contribution in [3.05, 3.63) is 57.6 Å². The quantitative estimate of drug-likeness (QED) is 0.533. The van der Waals surface area contributed by atoms with Crippen molar-refractivity contribution in [3.63, 3.8) is 0 Å². The van der Waals surface area contributed by atoms with Crippen molar-refractivity contribution in [1.82, 2.24) is 4.98 Å². The molecule has 0 atom stereocenters. The molecule has 0 spiro atoms. The molecule has 28 heavy (non-hydrogen) atoms. The molecule has 0 unspecified atom stereocenters. The topological polar surface area (TPSA) is 97.6 Å². The first-order chi connectivity index (χ1) is 13.5. The van der Waals surface area contributed by atoms with Crippen LogP contribution < -0.4 is 10.2 Å². The molecule has 3 aromatic rings. The van der Waals surface area contributed by atoms with Gasteiger partial charge in [0.1, 0.15) is 0 Å². The second kappa shape index (κ2) is 7.53. The molecule has 0 aliphatic carbocycles. The Kier molecular flexibility index (Phi) is 4.93. The Morgan fingerprint density at radius 2 is 2.04 bits per heavy atom. The van der Waals surface area contributed by atoms with Crippen molar-refractivity contribution in [2.24, 2.45) is 0 Å². The Bertz CT molecular complexity index is 1060. The zero-order valence-electron chi connectivity index (χ0n) is 15.2. The second-order valence-corrected chi connectivity index (χ2v) is 7.53. The van der Waals surface area contributed by atoms with Gasteiger partial charge in [-0.3, -0.25) is 20.2 Å². The zero-order chi connectivity index (χ0) is 19.7. The lowest BCUT2D eigenvalue weighted by atomic mass is 10.1. The Labute approximate surface area is 164 Å². The molecule has 1 aliphatic heterocycles. The van der Waals surface area contributed by atoms with Crippen LogP contribution in [0.4, 0.5) is 16.5 Å². The number of hydrogen-bond acceptors (Lipinski definition) is 7.